The van der Waals surface area contributed by atoms with Crippen molar-refractivity contribution in [2.45, 2.75) is 97.7 Å². The number of carbonyl (C=O) groups is 1. The number of aliphatic hydroxyl groups is 1. The summed E-state index contributed by atoms with van der Waals surface area (Å²) in [4.78, 5) is 12.4. The number of alkyl carbamates (subject to hydrolysis) is 1. The van der Waals surface area contributed by atoms with Gasteiger partial charge in [-0.1, -0.05) is 20.3 Å². The van der Waals surface area contributed by atoms with Crippen LogP contribution in [0.15, 0.2) is 0 Å². The largest absolute Gasteiger partial charge is 0.444 e. The minimum absolute atomic E-state index is 0.103. The molecule has 0 unspecified atom stereocenters. The van der Waals surface area contributed by atoms with Crippen LogP contribution < -0.4 is 5.32 Å². The molecule has 31 heavy (non-hydrogen) atoms. The van der Waals surface area contributed by atoms with E-state index in [1.807, 2.05) is 32.5 Å². The van der Waals surface area contributed by atoms with Gasteiger partial charge in [-0.25, -0.2) is 4.79 Å². The zero-order valence-electron chi connectivity index (χ0n) is 20.6. The van der Waals surface area contributed by atoms with Crippen LogP contribution in [-0.4, -0.2) is 41.5 Å². The molecule has 5 heteroatoms. The van der Waals surface area contributed by atoms with Crippen LogP contribution >= 0.6 is 11.8 Å². The molecule has 0 heterocycles. The van der Waals surface area contributed by atoms with E-state index in [0.717, 1.165) is 5.75 Å². The van der Waals surface area contributed by atoms with Gasteiger partial charge in [0, 0.05) is 6.54 Å². The molecule has 1 amide bonds. The summed E-state index contributed by atoms with van der Waals surface area (Å²) >= 11 is 1.91. The average molecular weight is 452 g/mol. The Morgan fingerprint density at radius 2 is 1.84 bits per heavy atom. The van der Waals surface area contributed by atoms with Crippen LogP contribution in [0.3, 0.4) is 0 Å². The molecule has 178 valence electrons. The van der Waals surface area contributed by atoms with Crippen molar-refractivity contribution in [3.8, 4) is 0 Å². The van der Waals surface area contributed by atoms with Gasteiger partial charge in [-0.3, -0.25) is 0 Å². The average Bonchev–Trinajstić information content (AvgIpc) is 2.68. The second-order valence-electron chi connectivity index (χ2n) is 12.8. The number of ether oxygens (including phenoxy) is 1. The third-order valence-corrected chi connectivity index (χ3v) is 10.7. The van der Waals surface area contributed by atoms with Crippen molar-refractivity contribution >= 4 is 17.9 Å². The lowest BCUT2D eigenvalue weighted by Gasteiger charge is -2.70. The normalized spacial score (nSPS) is 46.7. The van der Waals surface area contributed by atoms with Gasteiger partial charge in [-0.05, 0) is 118 Å². The van der Waals surface area contributed by atoms with Crippen molar-refractivity contribution in [1.29, 1.82) is 0 Å². The Kier molecular flexibility index (Phi) is 6.21. The van der Waals surface area contributed by atoms with Gasteiger partial charge in [-0.15, -0.1) is 0 Å². The first-order valence-electron chi connectivity index (χ1n) is 12.6. The molecule has 0 aromatic heterocycles. The molecule has 5 fully saturated rings. The van der Waals surface area contributed by atoms with Crippen LogP contribution in [0.1, 0.15) is 86.0 Å². The number of rotatable bonds is 4. The van der Waals surface area contributed by atoms with Gasteiger partial charge in [0.05, 0.1) is 6.10 Å². The van der Waals surface area contributed by atoms with E-state index >= 15 is 0 Å². The summed E-state index contributed by atoms with van der Waals surface area (Å²) in [6.45, 7) is 11.4. The summed E-state index contributed by atoms with van der Waals surface area (Å²) in [5, 5.41) is 14.7. The number of nitrogens with one attached hydrogen (secondary N) is 1. The summed E-state index contributed by atoms with van der Waals surface area (Å²) in [5.74, 6) is 3.52. The second-order valence-corrected chi connectivity index (χ2v) is 13.8. The highest BCUT2D eigenvalue weighted by Crippen LogP contribution is 2.72. The minimum atomic E-state index is -0.464. The van der Waals surface area contributed by atoms with Crippen molar-refractivity contribution in [3.63, 3.8) is 0 Å². The number of fused-ring (bicyclic) bond motifs is 3. The van der Waals surface area contributed by atoms with Crippen molar-refractivity contribution in [2.75, 3.05) is 18.6 Å². The molecule has 0 aromatic carbocycles. The molecule has 5 rings (SSSR count). The van der Waals surface area contributed by atoms with Gasteiger partial charge in [-0.2, -0.15) is 11.8 Å². The molecule has 2 bridgehead atoms. The van der Waals surface area contributed by atoms with Crippen LogP contribution in [0.5, 0.6) is 0 Å². The molecule has 1 spiro atoms. The number of carbonyl (C=O) groups excluding carboxylic acids is 1. The number of hydrogen-bond acceptors (Lipinski definition) is 4. The van der Waals surface area contributed by atoms with Crippen LogP contribution in [0.4, 0.5) is 4.79 Å². The van der Waals surface area contributed by atoms with Gasteiger partial charge in [0.15, 0.2) is 0 Å². The summed E-state index contributed by atoms with van der Waals surface area (Å²) < 4.78 is 5.52. The fourth-order valence-electron chi connectivity index (χ4n) is 8.83. The molecule has 0 saturated heterocycles. The number of thioether (sulfide) groups is 1. The molecule has 5 aliphatic rings. The van der Waals surface area contributed by atoms with E-state index < -0.39 is 5.60 Å². The van der Waals surface area contributed by atoms with Gasteiger partial charge in [0.25, 0.3) is 0 Å². The SMILES string of the molecule is CSC[C@H]1[C@H]2CC[C@@]3(CC[C@@H]4[C@](C)(CNC(=O)OC(C)(C)C)CCC[C@@]4(C)[C@@H]3C2)[C@@H]1O. The Morgan fingerprint density at radius 1 is 1.13 bits per heavy atom. The zero-order chi connectivity index (χ0) is 22.7. The molecule has 5 aliphatic carbocycles. The topological polar surface area (TPSA) is 58.6 Å². The Bertz CT molecular complexity index is 693. The monoisotopic (exact) mass is 451 g/mol. The maximum absolute atomic E-state index is 12.4. The third-order valence-electron chi connectivity index (χ3n) is 10.0. The first-order valence-corrected chi connectivity index (χ1v) is 14.0. The van der Waals surface area contributed by atoms with E-state index in [0.29, 0.717) is 30.2 Å². The molecule has 5 saturated carbocycles. The lowest BCUT2D eigenvalue weighted by Crippen LogP contribution is -2.67. The van der Waals surface area contributed by atoms with Gasteiger partial charge >= 0.3 is 6.09 Å². The fraction of sp³-hybridized carbons (Fsp3) is 0.962. The molecule has 0 radical (unpaired) electrons. The molecular weight excluding hydrogens is 406 g/mol. The highest BCUT2D eigenvalue weighted by molar-refractivity contribution is 7.98. The lowest BCUT2D eigenvalue weighted by molar-refractivity contribution is -0.239. The summed E-state index contributed by atoms with van der Waals surface area (Å²) in [7, 11) is 0. The van der Waals surface area contributed by atoms with E-state index in [9.17, 15) is 9.90 Å². The summed E-state index contributed by atoms with van der Waals surface area (Å²) in [5.41, 5.74) is 0.0436. The van der Waals surface area contributed by atoms with Crippen LogP contribution in [0.25, 0.3) is 0 Å². The molecule has 8 atom stereocenters. The second kappa shape index (κ2) is 8.11. The first-order chi connectivity index (χ1) is 14.5. The van der Waals surface area contributed by atoms with Gasteiger partial charge < -0.3 is 15.2 Å². The van der Waals surface area contributed by atoms with Crippen LogP contribution in [0, 0.1) is 39.9 Å². The zero-order valence-corrected chi connectivity index (χ0v) is 21.4. The lowest BCUT2D eigenvalue weighted by atomic mass is 9.35. The maximum Gasteiger partial charge on any atom is 0.407 e. The highest BCUT2D eigenvalue weighted by Gasteiger charge is 2.67. The van der Waals surface area contributed by atoms with E-state index in [-0.39, 0.29) is 28.4 Å². The Balaban J connectivity index is 1.54. The van der Waals surface area contributed by atoms with Gasteiger partial charge in [0.2, 0.25) is 0 Å². The number of amides is 1. The first kappa shape index (κ1) is 23.7. The van der Waals surface area contributed by atoms with E-state index in [1.54, 1.807) is 0 Å². The van der Waals surface area contributed by atoms with Crippen LogP contribution in [0.2, 0.25) is 0 Å². The molecule has 0 aromatic rings. The standard InChI is InChI=1S/C26H45NO3S/c1-23(2,3)30-22(29)27-16-24(4)10-7-11-25(5)19(24)9-13-26-12-8-17(14-20(25)26)18(15-31-6)21(26)28/h17-21,28H,7-16H2,1-6H3,(H,27,29)/t17-,18-,19+,20-,21+,24-,25+,26-/m0/s1. The number of hydrogen-bond donors (Lipinski definition) is 2. The fourth-order valence-corrected chi connectivity index (χ4v) is 9.67. The van der Waals surface area contributed by atoms with E-state index in [2.05, 4.69) is 25.4 Å². The summed E-state index contributed by atoms with van der Waals surface area (Å²) in [6.07, 6.45) is 11.6. The Labute approximate surface area is 194 Å². The van der Waals surface area contributed by atoms with Crippen molar-refractivity contribution in [2.24, 2.45) is 39.9 Å². The molecule has 2 N–H and O–H groups in total. The Hall–Kier alpha value is -0.420. The van der Waals surface area contributed by atoms with Crippen molar-refractivity contribution in [1.82, 2.24) is 5.32 Å². The maximum atomic E-state index is 12.4. The number of aliphatic hydroxyl groups excluding tert-OH is 1. The van der Waals surface area contributed by atoms with Gasteiger partial charge in [0.1, 0.15) is 5.60 Å². The molecular formula is C26H45NO3S. The smallest absolute Gasteiger partial charge is 0.407 e. The van der Waals surface area contributed by atoms with Crippen LogP contribution in [-0.2, 0) is 4.74 Å². The van der Waals surface area contributed by atoms with Crippen molar-refractivity contribution in [3.05, 3.63) is 0 Å². The minimum Gasteiger partial charge on any atom is -0.444 e. The molecule has 4 nitrogen and oxygen atoms in total. The third kappa shape index (κ3) is 3.94. The van der Waals surface area contributed by atoms with E-state index in [1.165, 1.54) is 51.4 Å². The molecule has 0 aliphatic heterocycles. The predicted octanol–water partition coefficient (Wildman–Crippen LogP) is 5.87. The van der Waals surface area contributed by atoms with E-state index in [4.69, 9.17) is 4.74 Å². The predicted molar refractivity (Wildman–Crippen MR) is 128 cm³/mol. The quantitative estimate of drug-likeness (QED) is 0.561. The Morgan fingerprint density at radius 3 is 2.52 bits per heavy atom. The summed E-state index contributed by atoms with van der Waals surface area (Å²) in [6, 6.07) is 0. The highest BCUT2D eigenvalue weighted by atomic mass is 32.2. The van der Waals surface area contributed by atoms with Crippen molar-refractivity contribution < 1.29 is 14.6 Å².